The second-order valence-corrected chi connectivity index (χ2v) is 5.75. The van der Waals surface area contributed by atoms with E-state index in [-0.39, 0.29) is 5.91 Å². The van der Waals surface area contributed by atoms with Gasteiger partial charge >= 0.3 is 0 Å². The van der Waals surface area contributed by atoms with Crippen molar-refractivity contribution in [1.82, 2.24) is 4.98 Å². The summed E-state index contributed by atoms with van der Waals surface area (Å²) in [7, 11) is 5.38. The Kier molecular flexibility index (Phi) is 4.67. The van der Waals surface area contributed by atoms with Gasteiger partial charge in [0.15, 0.2) is 0 Å². The van der Waals surface area contributed by atoms with Crippen LogP contribution in [0.1, 0.15) is 25.7 Å². The Hall–Kier alpha value is -1.82. The molecule has 6 nitrogen and oxygen atoms in total. The highest BCUT2D eigenvalue weighted by molar-refractivity contribution is 5.99. The van der Waals surface area contributed by atoms with Crippen molar-refractivity contribution in [2.75, 3.05) is 38.0 Å². The lowest BCUT2D eigenvalue weighted by molar-refractivity contribution is -0.124. The molecule has 0 unspecified atom stereocenters. The monoisotopic (exact) mass is 292 g/mol. The van der Waals surface area contributed by atoms with Crippen molar-refractivity contribution in [2.24, 2.45) is 11.1 Å². The zero-order chi connectivity index (χ0) is 15.5. The fourth-order valence-corrected chi connectivity index (χ4v) is 2.90. The number of ether oxygens (including phenoxy) is 1. The minimum absolute atomic E-state index is 0.0306. The molecule has 2 rings (SSSR count). The minimum atomic E-state index is -0.454. The molecule has 1 aromatic rings. The summed E-state index contributed by atoms with van der Waals surface area (Å²) in [6, 6.07) is 1.85. The topological polar surface area (TPSA) is 80.5 Å². The predicted molar refractivity (Wildman–Crippen MR) is 83.7 cm³/mol. The van der Waals surface area contributed by atoms with Gasteiger partial charge in [-0.25, -0.2) is 4.98 Å². The van der Waals surface area contributed by atoms with Gasteiger partial charge in [-0.05, 0) is 18.9 Å². The van der Waals surface area contributed by atoms with Crippen LogP contribution in [-0.2, 0) is 4.79 Å². The van der Waals surface area contributed by atoms with Crippen LogP contribution in [0.4, 0.5) is 11.4 Å². The number of rotatable bonds is 5. The third-order valence-electron chi connectivity index (χ3n) is 4.24. The van der Waals surface area contributed by atoms with Crippen LogP contribution in [0, 0.1) is 5.41 Å². The molecule has 1 aromatic heterocycles. The summed E-state index contributed by atoms with van der Waals surface area (Å²) >= 11 is 0. The van der Waals surface area contributed by atoms with E-state index in [0.717, 1.165) is 31.4 Å². The third kappa shape index (κ3) is 2.95. The first kappa shape index (κ1) is 15.6. The summed E-state index contributed by atoms with van der Waals surface area (Å²) in [6.07, 6.45) is 5.45. The van der Waals surface area contributed by atoms with Crippen LogP contribution in [0.3, 0.4) is 0 Å². The zero-order valence-electron chi connectivity index (χ0n) is 13.0. The van der Waals surface area contributed by atoms with Gasteiger partial charge in [-0.3, -0.25) is 4.79 Å². The van der Waals surface area contributed by atoms with E-state index in [1.54, 1.807) is 13.3 Å². The zero-order valence-corrected chi connectivity index (χ0v) is 13.0. The Morgan fingerprint density at radius 1 is 1.48 bits per heavy atom. The standard InChI is InChI=1S/C15H24N4O2/c1-19(2)11-6-9-17-13(21-3)12(11)18-14(20)15(10-16)7-4-5-8-15/h6,9H,4-5,7-8,10,16H2,1-3H3,(H,18,20). The van der Waals surface area contributed by atoms with E-state index in [1.807, 2.05) is 25.1 Å². The Balaban J connectivity index is 2.32. The molecule has 0 radical (unpaired) electrons. The lowest BCUT2D eigenvalue weighted by atomic mass is 9.85. The summed E-state index contributed by atoms with van der Waals surface area (Å²) in [5, 5.41) is 3.00. The molecule has 1 aliphatic carbocycles. The SMILES string of the molecule is COc1nccc(N(C)C)c1NC(=O)C1(CN)CCCC1. The van der Waals surface area contributed by atoms with Crippen LogP contribution in [0.2, 0.25) is 0 Å². The average molecular weight is 292 g/mol. The van der Waals surface area contributed by atoms with Crippen LogP contribution in [-0.4, -0.2) is 38.6 Å². The first-order valence-electron chi connectivity index (χ1n) is 7.26. The molecule has 0 aliphatic heterocycles. The molecular weight excluding hydrogens is 268 g/mol. The second-order valence-electron chi connectivity index (χ2n) is 5.75. The molecule has 3 N–H and O–H groups in total. The molecule has 6 heteroatoms. The van der Waals surface area contributed by atoms with Gasteiger partial charge in [-0.1, -0.05) is 12.8 Å². The number of nitrogens with zero attached hydrogens (tertiary/aromatic N) is 2. The van der Waals surface area contributed by atoms with Crippen molar-refractivity contribution < 1.29 is 9.53 Å². The number of nitrogens with one attached hydrogen (secondary N) is 1. The van der Waals surface area contributed by atoms with Gasteiger partial charge in [0, 0.05) is 26.8 Å². The first-order chi connectivity index (χ1) is 10.0. The highest BCUT2D eigenvalue weighted by Gasteiger charge is 2.40. The Bertz CT molecular complexity index is 510. The van der Waals surface area contributed by atoms with E-state index in [1.165, 1.54) is 0 Å². The number of carbonyl (C=O) groups is 1. The largest absolute Gasteiger partial charge is 0.479 e. The number of nitrogens with two attached hydrogens (primary N) is 1. The maximum absolute atomic E-state index is 12.7. The first-order valence-corrected chi connectivity index (χ1v) is 7.26. The van der Waals surface area contributed by atoms with Crippen molar-refractivity contribution in [3.63, 3.8) is 0 Å². The van der Waals surface area contributed by atoms with Crippen molar-refractivity contribution in [3.05, 3.63) is 12.3 Å². The van der Waals surface area contributed by atoms with Gasteiger partial charge in [0.2, 0.25) is 11.8 Å². The van der Waals surface area contributed by atoms with Gasteiger partial charge in [-0.15, -0.1) is 0 Å². The van der Waals surface area contributed by atoms with E-state index in [9.17, 15) is 4.79 Å². The minimum Gasteiger partial charge on any atom is -0.479 e. The molecule has 1 heterocycles. The number of hydrogen-bond acceptors (Lipinski definition) is 5. The molecule has 0 spiro atoms. The van der Waals surface area contributed by atoms with Crippen molar-refractivity contribution in [3.8, 4) is 5.88 Å². The van der Waals surface area contributed by atoms with E-state index >= 15 is 0 Å². The van der Waals surface area contributed by atoms with Gasteiger partial charge in [-0.2, -0.15) is 0 Å². The summed E-state index contributed by atoms with van der Waals surface area (Å²) < 4.78 is 5.28. The van der Waals surface area contributed by atoms with Gasteiger partial charge in [0.1, 0.15) is 5.69 Å². The molecular formula is C15H24N4O2. The number of methoxy groups -OCH3 is 1. The highest BCUT2D eigenvalue weighted by atomic mass is 16.5. The normalized spacial score (nSPS) is 16.6. The molecule has 21 heavy (non-hydrogen) atoms. The van der Waals surface area contributed by atoms with E-state index < -0.39 is 5.41 Å². The molecule has 1 aliphatic rings. The van der Waals surface area contributed by atoms with E-state index in [2.05, 4.69) is 10.3 Å². The van der Waals surface area contributed by atoms with Gasteiger partial charge in [0.25, 0.3) is 0 Å². The Morgan fingerprint density at radius 2 is 2.14 bits per heavy atom. The molecule has 116 valence electrons. The summed E-state index contributed by atoms with van der Waals surface area (Å²) in [6.45, 7) is 0.374. The van der Waals surface area contributed by atoms with Crippen molar-refractivity contribution in [1.29, 1.82) is 0 Å². The van der Waals surface area contributed by atoms with Crippen LogP contribution in [0.5, 0.6) is 5.88 Å². The average Bonchev–Trinajstić information content (AvgIpc) is 2.97. The summed E-state index contributed by atoms with van der Waals surface area (Å²) in [5.74, 6) is 0.386. The molecule has 0 bridgehead atoms. The molecule has 1 saturated carbocycles. The van der Waals surface area contributed by atoms with Crippen LogP contribution in [0.15, 0.2) is 12.3 Å². The summed E-state index contributed by atoms with van der Waals surface area (Å²) in [5.41, 5.74) is 6.89. The maximum Gasteiger partial charge on any atom is 0.239 e. The molecule has 1 fully saturated rings. The van der Waals surface area contributed by atoms with Crippen LogP contribution in [0.25, 0.3) is 0 Å². The fraction of sp³-hybridized carbons (Fsp3) is 0.600. The summed E-state index contributed by atoms with van der Waals surface area (Å²) in [4.78, 5) is 18.8. The predicted octanol–water partition coefficient (Wildman–Crippen LogP) is 1.61. The molecule has 0 saturated heterocycles. The maximum atomic E-state index is 12.7. The lowest BCUT2D eigenvalue weighted by Gasteiger charge is -2.27. The van der Waals surface area contributed by atoms with Gasteiger partial charge in [0.05, 0.1) is 18.2 Å². The smallest absolute Gasteiger partial charge is 0.239 e. The fourth-order valence-electron chi connectivity index (χ4n) is 2.90. The highest BCUT2D eigenvalue weighted by Crippen LogP contribution is 2.40. The number of carbonyl (C=O) groups excluding carboxylic acids is 1. The van der Waals surface area contributed by atoms with Crippen molar-refractivity contribution in [2.45, 2.75) is 25.7 Å². The lowest BCUT2D eigenvalue weighted by Crippen LogP contribution is -2.40. The number of hydrogen-bond donors (Lipinski definition) is 2. The number of anilines is 2. The Labute approximate surface area is 125 Å². The van der Waals surface area contributed by atoms with Crippen LogP contribution < -0.4 is 20.7 Å². The number of amides is 1. The quantitative estimate of drug-likeness (QED) is 0.862. The Morgan fingerprint density at radius 3 is 2.67 bits per heavy atom. The molecule has 0 aromatic carbocycles. The van der Waals surface area contributed by atoms with E-state index in [0.29, 0.717) is 18.1 Å². The molecule has 0 atom stereocenters. The number of pyridine rings is 1. The van der Waals surface area contributed by atoms with Crippen LogP contribution >= 0.6 is 0 Å². The van der Waals surface area contributed by atoms with Gasteiger partial charge < -0.3 is 20.7 Å². The number of aromatic nitrogens is 1. The third-order valence-corrected chi connectivity index (χ3v) is 4.24. The van der Waals surface area contributed by atoms with E-state index in [4.69, 9.17) is 10.5 Å². The van der Waals surface area contributed by atoms with Crippen molar-refractivity contribution >= 4 is 17.3 Å². The second kappa shape index (κ2) is 6.30. The molecule has 1 amide bonds.